The minimum atomic E-state index is 0.122. The van der Waals surface area contributed by atoms with E-state index in [1.165, 1.54) is 0 Å². The quantitative estimate of drug-likeness (QED) is 0.771. The topological polar surface area (TPSA) is 38.1 Å². The lowest BCUT2D eigenvalue weighted by Crippen LogP contribution is -2.01. The molecule has 3 rings (SSSR count). The monoisotopic (exact) mass is 292 g/mol. The summed E-state index contributed by atoms with van der Waals surface area (Å²) >= 11 is 0. The summed E-state index contributed by atoms with van der Waals surface area (Å²) in [5.74, 6) is 0.568. The van der Waals surface area contributed by atoms with Gasteiger partial charge in [0.1, 0.15) is 0 Å². The van der Waals surface area contributed by atoms with E-state index >= 15 is 0 Å². The molecule has 0 fully saturated rings. The first kappa shape index (κ1) is 14.4. The molecule has 0 amide bonds. The van der Waals surface area contributed by atoms with Gasteiger partial charge in [-0.1, -0.05) is 62.4 Å². The van der Waals surface area contributed by atoms with E-state index in [4.69, 9.17) is 0 Å². The predicted octanol–water partition coefficient (Wildman–Crippen LogP) is 4.44. The molecule has 0 bridgehead atoms. The highest BCUT2D eigenvalue weighted by Crippen LogP contribution is 2.33. The second-order valence-electron chi connectivity index (χ2n) is 5.86. The van der Waals surface area contributed by atoms with Crippen molar-refractivity contribution in [2.45, 2.75) is 20.3 Å². The van der Waals surface area contributed by atoms with E-state index in [9.17, 15) is 5.11 Å². The van der Waals surface area contributed by atoms with E-state index < -0.39 is 0 Å². The summed E-state index contributed by atoms with van der Waals surface area (Å²) in [5.41, 5.74) is 3.89. The summed E-state index contributed by atoms with van der Waals surface area (Å²) in [5, 5.41) is 14.7. The minimum Gasteiger partial charge on any atom is -0.492 e. The Labute approximate surface area is 130 Å². The Bertz CT molecular complexity index is 746. The largest absolute Gasteiger partial charge is 0.492 e. The van der Waals surface area contributed by atoms with Crippen molar-refractivity contribution in [1.29, 1.82) is 0 Å². The molecule has 0 radical (unpaired) electrons. The molecule has 3 aromatic rings. The zero-order valence-electron chi connectivity index (χ0n) is 12.9. The molecule has 22 heavy (non-hydrogen) atoms. The van der Waals surface area contributed by atoms with Gasteiger partial charge in [-0.25, -0.2) is 4.68 Å². The van der Waals surface area contributed by atoms with Crippen LogP contribution in [0.3, 0.4) is 0 Å². The highest BCUT2D eigenvalue weighted by Gasteiger charge is 2.20. The average molecular weight is 292 g/mol. The Hall–Kier alpha value is -2.55. The van der Waals surface area contributed by atoms with Crippen molar-refractivity contribution in [2.24, 2.45) is 5.92 Å². The molecule has 0 unspecified atom stereocenters. The molecule has 112 valence electrons. The van der Waals surface area contributed by atoms with Gasteiger partial charge < -0.3 is 5.11 Å². The standard InChI is InChI=1S/C19H20N2O/c1-14(2)13-17-18(15-9-5-3-6-10-15)21(20-19(17)22)16-11-7-4-8-12-16/h3-12,14H,13H2,1-2H3,(H,20,22). The molecule has 0 spiro atoms. The third-order valence-corrected chi connectivity index (χ3v) is 3.62. The van der Waals surface area contributed by atoms with Crippen LogP contribution in [0.25, 0.3) is 16.9 Å². The second kappa shape index (κ2) is 6.06. The first-order valence-electron chi connectivity index (χ1n) is 7.58. The van der Waals surface area contributed by atoms with Crippen LogP contribution in [-0.4, -0.2) is 14.9 Å². The molecule has 2 aromatic carbocycles. The maximum Gasteiger partial charge on any atom is 0.234 e. The zero-order chi connectivity index (χ0) is 15.5. The van der Waals surface area contributed by atoms with Crippen molar-refractivity contribution < 1.29 is 5.11 Å². The van der Waals surface area contributed by atoms with Crippen molar-refractivity contribution in [3.8, 4) is 22.8 Å². The van der Waals surface area contributed by atoms with E-state index in [1.54, 1.807) is 0 Å². The molecule has 0 aliphatic heterocycles. The minimum absolute atomic E-state index is 0.122. The molecular formula is C19H20N2O. The normalized spacial score (nSPS) is 11.0. The number of nitrogens with zero attached hydrogens (tertiary/aromatic N) is 2. The Morgan fingerprint density at radius 1 is 0.955 bits per heavy atom. The number of hydrogen-bond donors (Lipinski definition) is 1. The molecule has 0 aliphatic carbocycles. The number of benzene rings is 2. The fraction of sp³-hybridized carbons (Fsp3) is 0.211. The van der Waals surface area contributed by atoms with Crippen LogP contribution in [-0.2, 0) is 6.42 Å². The SMILES string of the molecule is CC(C)Cc1c(O)nn(-c2ccccc2)c1-c1ccccc1. The number of hydrogen-bond acceptors (Lipinski definition) is 2. The second-order valence-corrected chi connectivity index (χ2v) is 5.86. The molecule has 0 aliphatic rings. The van der Waals surface area contributed by atoms with Gasteiger partial charge in [-0.05, 0) is 24.5 Å². The van der Waals surface area contributed by atoms with Crippen LogP contribution in [0.5, 0.6) is 5.88 Å². The fourth-order valence-electron chi connectivity index (χ4n) is 2.68. The lowest BCUT2D eigenvalue weighted by Gasteiger charge is -2.11. The van der Waals surface area contributed by atoms with Gasteiger partial charge in [0.2, 0.25) is 5.88 Å². The summed E-state index contributed by atoms with van der Waals surface area (Å²) in [7, 11) is 0. The van der Waals surface area contributed by atoms with Crippen LogP contribution < -0.4 is 0 Å². The molecular weight excluding hydrogens is 272 g/mol. The van der Waals surface area contributed by atoms with E-state index in [2.05, 4.69) is 31.1 Å². The zero-order valence-corrected chi connectivity index (χ0v) is 12.9. The number of rotatable bonds is 4. The number of para-hydroxylation sites is 1. The molecule has 0 saturated heterocycles. The van der Waals surface area contributed by atoms with Gasteiger partial charge in [-0.3, -0.25) is 0 Å². The van der Waals surface area contributed by atoms with Crippen LogP contribution in [0.15, 0.2) is 60.7 Å². The molecule has 3 heteroatoms. The van der Waals surface area contributed by atoms with Crippen molar-refractivity contribution in [1.82, 2.24) is 9.78 Å². The Morgan fingerprint density at radius 3 is 2.14 bits per heavy atom. The average Bonchev–Trinajstić information content (AvgIpc) is 2.85. The van der Waals surface area contributed by atoms with Crippen LogP contribution in [0.2, 0.25) is 0 Å². The Morgan fingerprint density at radius 2 is 1.55 bits per heavy atom. The summed E-state index contributed by atoms with van der Waals surface area (Å²) in [6.07, 6.45) is 0.795. The van der Waals surface area contributed by atoms with Gasteiger partial charge in [0.15, 0.2) is 0 Å². The Balaban J connectivity index is 2.23. The van der Waals surface area contributed by atoms with Crippen LogP contribution >= 0.6 is 0 Å². The van der Waals surface area contributed by atoms with Crippen LogP contribution in [0, 0.1) is 5.92 Å². The van der Waals surface area contributed by atoms with E-state index in [0.717, 1.165) is 28.9 Å². The smallest absolute Gasteiger partial charge is 0.234 e. The van der Waals surface area contributed by atoms with Gasteiger partial charge in [0.05, 0.1) is 11.4 Å². The molecule has 3 nitrogen and oxygen atoms in total. The van der Waals surface area contributed by atoms with Gasteiger partial charge in [-0.15, -0.1) is 5.10 Å². The summed E-state index contributed by atoms with van der Waals surface area (Å²) in [6, 6.07) is 20.0. The first-order chi connectivity index (χ1) is 10.7. The number of aromatic nitrogens is 2. The third kappa shape index (κ3) is 2.75. The summed E-state index contributed by atoms with van der Waals surface area (Å²) in [6.45, 7) is 4.29. The fourth-order valence-corrected chi connectivity index (χ4v) is 2.68. The van der Waals surface area contributed by atoms with Crippen molar-refractivity contribution in [2.75, 3.05) is 0 Å². The van der Waals surface area contributed by atoms with Crippen LogP contribution in [0.4, 0.5) is 0 Å². The predicted molar refractivity (Wildman–Crippen MR) is 89.2 cm³/mol. The summed E-state index contributed by atoms with van der Waals surface area (Å²) in [4.78, 5) is 0. The van der Waals surface area contributed by atoms with E-state index in [1.807, 2.05) is 53.2 Å². The summed E-state index contributed by atoms with van der Waals surface area (Å²) < 4.78 is 1.84. The maximum absolute atomic E-state index is 10.4. The maximum atomic E-state index is 10.4. The van der Waals surface area contributed by atoms with Gasteiger partial charge >= 0.3 is 0 Å². The van der Waals surface area contributed by atoms with Crippen molar-refractivity contribution in [3.05, 3.63) is 66.2 Å². The van der Waals surface area contributed by atoms with E-state index in [0.29, 0.717) is 5.92 Å². The third-order valence-electron chi connectivity index (χ3n) is 3.62. The highest BCUT2D eigenvalue weighted by molar-refractivity contribution is 5.68. The first-order valence-corrected chi connectivity index (χ1v) is 7.58. The molecule has 1 aromatic heterocycles. The lowest BCUT2D eigenvalue weighted by atomic mass is 9.99. The Kier molecular flexibility index (Phi) is 3.96. The van der Waals surface area contributed by atoms with Crippen LogP contribution in [0.1, 0.15) is 19.4 Å². The van der Waals surface area contributed by atoms with Gasteiger partial charge in [0.25, 0.3) is 0 Å². The van der Waals surface area contributed by atoms with Gasteiger partial charge in [-0.2, -0.15) is 0 Å². The van der Waals surface area contributed by atoms with Crippen molar-refractivity contribution >= 4 is 0 Å². The molecule has 1 heterocycles. The molecule has 0 atom stereocenters. The molecule has 0 saturated carbocycles. The highest BCUT2D eigenvalue weighted by atomic mass is 16.3. The molecule has 1 N–H and O–H groups in total. The number of aromatic hydroxyl groups is 1. The lowest BCUT2D eigenvalue weighted by molar-refractivity contribution is 0.438. The van der Waals surface area contributed by atoms with Crippen molar-refractivity contribution in [3.63, 3.8) is 0 Å². The van der Waals surface area contributed by atoms with Gasteiger partial charge in [0, 0.05) is 11.1 Å². The van der Waals surface area contributed by atoms with E-state index in [-0.39, 0.29) is 5.88 Å².